The highest BCUT2D eigenvalue weighted by Crippen LogP contribution is 2.58. The van der Waals surface area contributed by atoms with Crippen LogP contribution < -0.4 is 14.8 Å². The molecule has 1 aliphatic heterocycles. The number of alkyl carbamates (subject to hydrolysis) is 1. The van der Waals surface area contributed by atoms with E-state index in [-0.39, 0.29) is 70.4 Å². The number of hydrogen-bond acceptors (Lipinski definition) is 8. The van der Waals surface area contributed by atoms with Crippen molar-refractivity contribution in [3.05, 3.63) is 65.2 Å². The van der Waals surface area contributed by atoms with Crippen molar-refractivity contribution in [1.82, 2.24) is 20.2 Å². The second-order valence-corrected chi connectivity index (χ2v) is 17.7. The Bertz CT molecular complexity index is 1890. The SMILES string of the molecule is Cc1cccc(C)c1-c1cc2nc(n1)NS(=O)(=O)c1cccc(c1)C(=O)N([C@H]1CC3(C[C@H](NC(=O)OC4CCC4)C3)C1)[C@H](CC(C)(C)C)CO2. The molecule has 4 bridgehead atoms. The third kappa shape index (κ3) is 7.04. The van der Waals surface area contributed by atoms with Gasteiger partial charge in [-0.25, -0.2) is 22.9 Å². The van der Waals surface area contributed by atoms with Crippen LogP contribution in [0.2, 0.25) is 0 Å². The monoisotopic (exact) mass is 701 g/mol. The standard InChI is InChI=1S/C38H47N5O6S/c1-23-9-6-10-24(2)33(23)31-16-32-41-35(40-31)42-50(46,47)30-14-7-11-25(15-30)34(44)43(28(22-48-32)19-37(3,4)5)27-20-38(21-27)17-26(18-38)39-36(45)49-29-12-8-13-29/h6-7,9-11,14-16,26-29H,8,12-13,17-22H2,1-5H3,(H,39,45)(H,40,41,42)/t26-,27-,28-,38?/m1/s1. The van der Waals surface area contributed by atoms with Crippen LogP contribution in [0.25, 0.3) is 11.3 Å². The van der Waals surface area contributed by atoms with Gasteiger partial charge in [0.15, 0.2) is 0 Å². The number of rotatable bonds is 5. The molecule has 7 rings (SSSR count). The molecule has 2 N–H and O–H groups in total. The molecule has 11 nitrogen and oxygen atoms in total. The fourth-order valence-corrected chi connectivity index (χ4v) is 9.16. The van der Waals surface area contributed by atoms with Crippen molar-refractivity contribution in [3.63, 3.8) is 0 Å². The minimum atomic E-state index is -4.15. The highest BCUT2D eigenvalue weighted by Gasteiger charge is 2.56. The number of nitrogens with zero attached hydrogens (tertiary/aromatic N) is 3. The number of ether oxygens (including phenoxy) is 2. The lowest BCUT2D eigenvalue weighted by molar-refractivity contribution is -0.0800. The zero-order chi connectivity index (χ0) is 35.4. The minimum absolute atomic E-state index is 0.0414. The Morgan fingerprint density at radius 2 is 1.74 bits per heavy atom. The summed E-state index contributed by atoms with van der Waals surface area (Å²) in [4.78, 5) is 38.0. The van der Waals surface area contributed by atoms with Gasteiger partial charge in [-0.3, -0.25) is 4.79 Å². The Kier molecular flexibility index (Phi) is 8.81. The third-order valence-electron chi connectivity index (χ3n) is 10.7. The van der Waals surface area contributed by atoms with E-state index >= 15 is 0 Å². The van der Waals surface area contributed by atoms with Crippen LogP contribution in [0.1, 0.15) is 93.6 Å². The molecule has 1 aromatic heterocycles. The number of fused-ring (bicyclic) bond motifs is 4. The second kappa shape index (κ2) is 12.9. The van der Waals surface area contributed by atoms with Gasteiger partial charge >= 0.3 is 6.09 Å². The number of aryl methyl sites for hydroxylation is 2. The maximum atomic E-state index is 14.6. The zero-order valence-electron chi connectivity index (χ0n) is 29.5. The lowest BCUT2D eigenvalue weighted by atomic mass is 9.51. The molecule has 3 aliphatic carbocycles. The molecule has 2 heterocycles. The number of carbonyl (C=O) groups excluding carboxylic acids is 2. The van der Waals surface area contributed by atoms with Gasteiger partial charge in [-0.15, -0.1) is 0 Å². The van der Waals surface area contributed by atoms with E-state index in [9.17, 15) is 18.0 Å². The topological polar surface area (TPSA) is 140 Å². The summed E-state index contributed by atoms with van der Waals surface area (Å²) in [6.45, 7) is 10.6. The van der Waals surface area contributed by atoms with Crippen molar-refractivity contribution in [2.24, 2.45) is 10.8 Å². The lowest BCUT2D eigenvalue weighted by Crippen LogP contribution is -2.64. The fraction of sp³-hybridized carbons (Fsp3) is 0.526. The van der Waals surface area contributed by atoms with E-state index in [1.807, 2.05) is 36.9 Å². The van der Waals surface area contributed by atoms with Crippen LogP contribution >= 0.6 is 0 Å². The van der Waals surface area contributed by atoms with Crippen molar-refractivity contribution < 1.29 is 27.5 Å². The lowest BCUT2D eigenvalue weighted by Gasteiger charge is -2.60. The van der Waals surface area contributed by atoms with E-state index in [1.54, 1.807) is 18.2 Å². The van der Waals surface area contributed by atoms with Crippen LogP contribution in [0.15, 0.2) is 53.4 Å². The molecule has 50 heavy (non-hydrogen) atoms. The van der Waals surface area contributed by atoms with Gasteiger partial charge in [0.2, 0.25) is 11.8 Å². The number of amides is 2. The van der Waals surface area contributed by atoms with Crippen molar-refractivity contribution in [2.75, 3.05) is 11.3 Å². The first-order valence-electron chi connectivity index (χ1n) is 17.7. The van der Waals surface area contributed by atoms with Crippen LogP contribution in [-0.2, 0) is 14.8 Å². The van der Waals surface area contributed by atoms with E-state index in [2.05, 4.69) is 40.8 Å². The minimum Gasteiger partial charge on any atom is -0.475 e. The summed E-state index contributed by atoms with van der Waals surface area (Å²) in [5.74, 6) is -0.114. The Morgan fingerprint density at radius 1 is 1.04 bits per heavy atom. The molecule has 3 aromatic rings. The fourth-order valence-electron chi connectivity index (χ4n) is 8.17. The number of aromatic nitrogens is 2. The third-order valence-corrected chi connectivity index (χ3v) is 12.0. The first-order chi connectivity index (χ1) is 23.7. The number of hydrogen-bond donors (Lipinski definition) is 2. The van der Waals surface area contributed by atoms with Gasteiger partial charge in [0.25, 0.3) is 15.9 Å². The predicted octanol–water partition coefficient (Wildman–Crippen LogP) is 6.79. The molecule has 2 amide bonds. The number of nitrogens with one attached hydrogen (secondary N) is 2. The number of sulfonamides is 1. The Labute approximate surface area is 294 Å². The van der Waals surface area contributed by atoms with E-state index in [0.717, 1.165) is 61.6 Å². The molecule has 1 spiro atoms. The summed E-state index contributed by atoms with van der Waals surface area (Å²) in [6.07, 6.45) is 6.61. The second-order valence-electron chi connectivity index (χ2n) is 16.0. The molecule has 2 aromatic carbocycles. The Morgan fingerprint density at radius 3 is 2.40 bits per heavy atom. The quantitative estimate of drug-likeness (QED) is 0.297. The van der Waals surface area contributed by atoms with Crippen molar-refractivity contribution in [3.8, 4) is 17.1 Å². The Balaban J connectivity index is 1.20. The van der Waals surface area contributed by atoms with E-state index in [4.69, 9.17) is 9.47 Å². The first kappa shape index (κ1) is 34.3. The highest BCUT2D eigenvalue weighted by molar-refractivity contribution is 7.92. The van der Waals surface area contributed by atoms with Crippen molar-refractivity contribution >= 4 is 28.0 Å². The van der Waals surface area contributed by atoms with Gasteiger partial charge in [-0.2, -0.15) is 4.98 Å². The number of benzene rings is 2. The van der Waals surface area contributed by atoms with Crippen LogP contribution in [0, 0.1) is 24.7 Å². The molecule has 3 fully saturated rings. The summed E-state index contributed by atoms with van der Waals surface area (Å²) >= 11 is 0. The van der Waals surface area contributed by atoms with Gasteiger partial charge in [0, 0.05) is 29.3 Å². The van der Waals surface area contributed by atoms with Crippen LogP contribution in [0.3, 0.4) is 0 Å². The molecule has 0 radical (unpaired) electrons. The van der Waals surface area contributed by atoms with Crippen LogP contribution in [0.4, 0.5) is 10.7 Å². The summed E-state index contributed by atoms with van der Waals surface area (Å²) in [7, 11) is -4.15. The van der Waals surface area contributed by atoms with E-state index in [0.29, 0.717) is 17.7 Å². The summed E-state index contributed by atoms with van der Waals surface area (Å²) in [6, 6.07) is 13.5. The van der Waals surface area contributed by atoms with Gasteiger partial charge < -0.3 is 19.7 Å². The predicted molar refractivity (Wildman–Crippen MR) is 189 cm³/mol. The maximum absolute atomic E-state index is 14.6. The van der Waals surface area contributed by atoms with Crippen LogP contribution in [0.5, 0.6) is 5.88 Å². The zero-order valence-corrected chi connectivity index (χ0v) is 30.3. The van der Waals surface area contributed by atoms with E-state index in [1.165, 1.54) is 12.1 Å². The van der Waals surface area contributed by atoms with Gasteiger partial charge in [0.05, 0.1) is 16.6 Å². The highest BCUT2D eigenvalue weighted by atomic mass is 32.2. The first-order valence-corrected chi connectivity index (χ1v) is 19.2. The van der Waals surface area contributed by atoms with E-state index < -0.39 is 10.0 Å². The average Bonchev–Trinajstić information content (AvgIpc) is 2.98. The van der Waals surface area contributed by atoms with Gasteiger partial charge in [-0.1, -0.05) is 45.0 Å². The van der Waals surface area contributed by atoms with Crippen molar-refractivity contribution in [2.45, 2.75) is 115 Å². The summed E-state index contributed by atoms with van der Waals surface area (Å²) in [5, 5.41) is 3.04. The van der Waals surface area contributed by atoms with Gasteiger partial charge in [-0.05, 0) is 105 Å². The molecule has 3 saturated carbocycles. The number of anilines is 1. The molecule has 1 atom stereocenters. The molecule has 0 saturated heterocycles. The smallest absolute Gasteiger partial charge is 0.407 e. The van der Waals surface area contributed by atoms with Crippen molar-refractivity contribution in [1.29, 1.82) is 0 Å². The molecular weight excluding hydrogens is 655 g/mol. The number of carbonyl (C=O) groups is 2. The average molecular weight is 702 g/mol. The largest absolute Gasteiger partial charge is 0.475 e. The Hall–Kier alpha value is -4.19. The normalized spacial score (nSPS) is 26.1. The summed E-state index contributed by atoms with van der Waals surface area (Å²) < 4.78 is 41.9. The van der Waals surface area contributed by atoms with Gasteiger partial charge in [0.1, 0.15) is 12.7 Å². The molecule has 4 aliphatic rings. The molecular formula is C38H47N5O6S. The maximum Gasteiger partial charge on any atom is 0.407 e. The molecule has 0 unspecified atom stereocenters. The molecule has 12 heteroatoms. The summed E-state index contributed by atoms with van der Waals surface area (Å²) in [5.41, 5.74) is 3.57. The molecule has 266 valence electrons. The van der Waals surface area contributed by atoms with Crippen LogP contribution in [-0.4, -0.2) is 66.1 Å².